The molecule has 1 atom stereocenters. The molecule has 1 unspecified atom stereocenters. The Bertz CT molecular complexity index is 522. The van der Waals surface area contributed by atoms with Crippen LogP contribution in [-0.4, -0.2) is 48.6 Å². The SMILES string of the molecule is COCCN(C(=O)c1cc(N)c(F)cc1F)C1CCSC1. The van der Waals surface area contributed by atoms with E-state index in [1.165, 1.54) is 0 Å². The molecule has 0 saturated carbocycles. The number of halogens is 2. The highest BCUT2D eigenvalue weighted by atomic mass is 32.2. The van der Waals surface area contributed by atoms with Crippen molar-refractivity contribution in [3.8, 4) is 0 Å². The normalized spacial score (nSPS) is 18.0. The number of hydrogen-bond acceptors (Lipinski definition) is 4. The van der Waals surface area contributed by atoms with Gasteiger partial charge in [-0.15, -0.1) is 0 Å². The number of hydrogen-bond donors (Lipinski definition) is 1. The van der Waals surface area contributed by atoms with E-state index in [0.29, 0.717) is 19.2 Å². The van der Waals surface area contributed by atoms with E-state index in [0.717, 1.165) is 24.0 Å². The van der Waals surface area contributed by atoms with Crippen molar-refractivity contribution in [1.29, 1.82) is 0 Å². The second kappa shape index (κ2) is 7.09. The third-order valence-electron chi connectivity index (χ3n) is 3.46. The standard InChI is InChI=1S/C14H18F2N2O2S/c1-20-4-3-18(9-2-5-21-8-9)14(19)10-6-13(17)12(16)7-11(10)15/h6-7,9H,2-5,8,17H2,1H3. The van der Waals surface area contributed by atoms with Crippen molar-refractivity contribution in [1.82, 2.24) is 4.90 Å². The second-order valence-corrected chi connectivity index (χ2v) is 6.01. The number of methoxy groups -OCH3 is 1. The van der Waals surface area contributed by atoms with Crippen molar-refractivity contribution < 1.29 is 18.3 Å². The fourth-order valence-corrected chi connectivity index (χ4v) is 3.52. The van der Waals surface area contributed by atoms with Crippen molar-refractivity contribution in [3.63, 3.8) is 0 Å². The molecular weight excluding hydrogens is 298 g/mol. The molecule has 0 aromatic heterocycles. The van der Waals surface area contributed by atoms with Crippen LogP contribution in [0.1, 0.15) is 16.8 Å². The minimum Gasteiger partial charge on any atom is -0.396 e. The summed E-state index contributed by atoms with van der Waals surface area (Å²) in [5.74, 6) is -0.434. The zero-order valence-corrected chi connectivity index (χ0v) is 12.6. The summed E-state index contributed by atoms with van der Waals surface area (Å²) in [7, 11) is 1.54. The van der Waals surface area contributed by atoms with E-state index in [9.17, 15) is 13.6 Å². The Kier molecular flexibility index (Phi) is 5.41. The molecule has 0 aliphatic carbocycles. The highest BCUT2D eigenvalue weighted by molar-refractivity contribution is 7.99. The van der Waals surface area contributed by atoms with Gasteiger partial charge in [-0.05, 0) is 18.2 Å². The molecule has 2 rings (SSSR count). The molecule has 1 heterocycles. The zero-order chi connectivity index (χ0) is 15.4. The molecule has 7 heteroatoms. The van der Waals surface area contributed by atoms with Crippen LogP contribution < -0.4 is 5.73 Å². The summed E-state index contributed by atoms with van der Waals surface area (Å²) in [5, 5.41) is 0. The monoisotopic (exact) mass is 316 g/mol. The van der Waals surface area contributed by atoms with Crippen molar-refractivity contribution in [2.24, 2.45) is 0 Å². The maximum atomic E-state index is 13.9. The zero-order valence-electron chi connectivity index (χ0n) is 11.8. The van der Waals surface area contributed by atoms with Crippen LogP contribution in [0.4, 0.5) is 14.5 Å². The van der Waals surface area contributed by atoms with Crippen molar-refractivity contribution >= 4 is 23.4 Å². The summed E-state index contributed by atoms with van der Waals surface area (Å²) in [4.78, 5) is 14.2. The fourth-order valence-electron chi connectivity index (χ4n) is 2.29. The van der Waals surface area contributed by atoms with Gasteiger partial charge in [-0.25, -0.2) is 8.78 Å². The Morgan fingerprint density at radius 2 is 2.24 bits per heavy atom. The van der Waals surface area contributed by atoms with Gasteiger partial charge in [-0.1, -0.05) is 0 Å². The van der Waals surface area contributed by atoms with Gasteiger partial charge in [0, 0.05) is 31.5 Å². The number of nitrogens with zero attached hydrogens (tertiary/aromatic N) is 1. The van der Waals surface area contributed by atoms with Crippen LogP contribution in [0.15, 0.2) is 12.1 Å². The maximum absolute atomic E-state index is 13.9. The van der Waals surface area contributed by atoms with Gasteiger partial charge in [0.1, 0.15) is 11.6 Å². The van der Waals surface area contributed by atoms with Gasteiger partial charge in [0.25, 0.3) is 5.91 Å². The molecule has 21 heavy (non-hydrogen) atoms. The molecule has 1 aromatic carbocycles. The summed E-state index contributed by atoms with van der Waals surface area (Å²) in [6.07, 6.45) is 0.860. The second-order valence-electron chi connectivity index (χ2n) is 4.86. The minimum atomic E-state index is -0.889. The third kappa shape index (κ3) is 3.65. The van der Waals surface area contributed by atoms with Crippen molar-refractivity contribution in [2.45, 2.75) is 12.5 Å². The Balaban J connectivity index is 2.26. The van der Waals surface area contributed by atoms with Crippen molar-refractivity contribution in [2.75, 3.05) is 37.5 Å². The molecular formula is C14H18F2N2O2S. The number of nitrogens with two attached hydrogens (primary N) is 1. The topological polar surface area (TPSA) is 55.6 Å². The summed E-state index contributed by atoms with van der Waals surface area (Å²) in [5.41, 5.74) is 5.02. The number of benzene rings is 1. The number of carbonyl (C=O) groups excluding carboxylic acids is 1. The molecule has 1 amide bonds. The third-order valence-corrected chi connectivity index (χ3v) is 4.61. The van der Waals surface area contributed by atoms with Gasteiger partial charge in [-0.3, -0.25) is 4.79 Å². The molecule has 116 valence electrons. The molecule has 0 bridgehead atoms. The first-order valence-corrected chi connectivity index (χ1v) is 7.82. The predicted octanol–water partition coefficient (Wildman–Crippen LogP) is 2.14. The lowest BCUT2D eigenvalue weighted by molar-refractivity contribution is 0.0620. The molecule has 1 saturated heterocycles. The van der Waals surface area contributed by atoms with Crippen LogP contribution in [-0.2, 0) is 4.74 Å². The molecule has 1 aliphatic heterocycles. The van der Waals surface area contributed by atoms with Gasteiger partial charge in [0.15, 0.2) is 0 Å². The highest BCUT2D eigenvalue weighted by Gasteiger charge is 2.29. The van der Waals surface area contributed by atoms with Crippen LogP contribution in [0, 0.1) is 11.6 Å². The quantitative estimate of drug-likeness (QED) is 0.846. The van der Waals surface area contributed by atoms with E-state index >= 15 is 0 Å². The van der Waals surface area contributed by atoms with Crippen LogP contribution in [0.5, 0.6) is 0 Å². The average Bonchev–Trinajstić information content (AvgIpc) is 2.97. The Labute approximate surface area is 126 Å². The number of rotatable bonds is 5. The van der Waals surface area contributed by atoms with E-state index in [-0.39, 0.29) is 17.3 Å². The van der Waals surface area contributed by atoms with Gasteiger partial charge in [0.05, 0.1) is 17.9 Å². The number of ether oxygens (including phenoxy) is 1. The number of anilines is 1. The molecule has 1 fully saturated rings. The molecule has 0 spiro atoms. The minimum absolute atomic E-state index is 0.0447. The van der Waals surface area contributed by atoms with Crippen LogP contribution >= 0.6 is 11.8 Å². The lowest BCUT2D eigenvalue weighted by Crippen LogP contribution is -2.42. The van der Waals surface area contributed by atoms with Crippen LogP contribution in [0.2, 0.25) is 0 Å². The first-order valence-electron chi connectivity index (χ1n) is 6.66. The van der Waals surface area contributed by atoms with Gasteiger partial charge in [0.2, 0.25) is 0 Å². The van der Waals surface area contributed by atoms with Crippen molar-refractivity contribution in [3.05, 3.63) is 29.3 Å². The number of thioether (sulfide) groups is 1. The first-order chi connectivity index (χ1) is 10.0. The van der Waals surface area contributed by atoms with Gasteiger partial charge < -0.3 is 15.4 Å². The number of nitrogen functional groups attached to an aromatic ring is 1. The average molecular weight is 316 g/mol. The van der Waals surface area contributed by atoms with Gasteiger partial charge >= 0.3 is 0 Å². The number of carbonyl (C=O) groups is 1. The van der Waals surface area contributed by atoms with Crippen LogP contribution in [0.3, 0.4) is 0 Å². The lowest BCUT2D eigenvalue weighted by atomic mass is 10.1. The van der Waals surface area contributed by atoms with E-state index in [4.69, 9.17) is 10.5 Å². The summed E-state index contributed by atoms with van der Waals surface area (Å²) in [6.45, 7) is 0.739. The molecule has 2 N–H and O–H groups in total. The Morgan fingerprint density at radius 1 is 1.48 bits per heavy atom. The molecule has 1 aromatic rings. The summed E-state index contributed by atoms with van der Waals surface area (Å²) in [6, 6.07) is 1.76. The fraction of sp³-hybridized carbons (Fsp3) is 0.500. The summed E-state index contributed by atoms with van der Waals surface area (Å²) < 4.78 is 32.1. The lowest BCUT2D eigenvalue weighted by Gasteiger charge is -2.28. The molecule has 4 nitrogen and oxygen atoms in total. The summed E-state index contributed by atoms with van der Waals surface area (Å²) >= 11 is 1.75. The first kappa shape index (κ1) is 16.0. The molecule has 0 radical (unpaired) electrons. The van der Waals surface area contributed by atoms with E-state index < -0.39 is 17.5 Å². The van der Waals surface area contributed by atoms with Crippen LogP contribution in [0.25, 0.3) is 0 Å². The van der Waals surface area contributed by atoms with Gasteiger partial charge in [-0.2, -0.15) is 11.8 Å². The Hall–Kier alpha value is -1.34. The van der Waals surface area contributed by atoms with E-state index in [2.05, 4.69) is 0 Å². The predicted molar refractivity (Wildman–Crippen MR) is 79.4 cm³/mol. The highest BCUT2D eigenvalue weighted by Crippen LogP contribution is 2.25. The Morgan fingerprint density at radius 3 is 2.86 bits per heavy atom. The number of amides is 1. The van der Waals surface area contributed by atoms with E-state index in [1.807, 2.05) is 0 Å². The maximum Gasteiger partial charge on any atom is 0.257 e. The largest absolute Gasteiger partial charge is 0.396 e. The smallest absolute Gasteiger partial charge is 0.257 e. The van der Waals surface area contributed by atoms with E-state index in [1.54, 1.807) is 23.8 Å². The molecule has 1 aliphatic rings.